The molecule has 1 aromatic carbocycles. The average molecular weight is 296 g/mol. The van der Waals surface area contributed by atoms with Crippen LogP contribution in [0.1, 0.15) is 31.7 Å². The summed E-state index contributed by atoms with van der Waals surface area (Å²) in [5, 5.41) is 0. The van der Waals surface area contributed by atoms with Gasteiger partial charge in [0.15, 0.2) is 0 Å². The van der Waals surface area contributed by atoms with Gasteiger partial charge in [0.2, 0.25) is 0 Å². The van der Waals surface area contributed by atoms with E-state index in [2.05, 4.69) is 4.74 Å². The fraction of sp³-hybridized carbons (Fsp3) is 0.562. The molecule has 21 heavy (non-hydrogen) atoms. The van der Waals surface area contributed by atoms with Gasteiger partial charge in [0.25, 0.3) is 0 Å². The molecule has 0 unspecified atom stereocenters. The molecule has 0 radical (unpaired) electrons. The standard InChI is InChI=1S/C16H18F2O3/c1-3-21-13(19)16(17,18)15-8-14(9-15,10-15)11-4-6-12(20-2)7-5-11/h4-7H,3,8-10H2,1-2H3. The van der Waals surface area contributed by atoms with Crippen LogP contribution in [0.15, 0.2) is 24.3 Å². The van der Waals surface area contributed by atoms with Gasteiger partial charge >= 0.3 is 11.9 Å². The summed E-state index contributed by atoms with van der Waals surface area (Å²) in [5.41, 5.74) is -0.341. The second-order valence-electron chi connectivity index (χ2n) is 6.11. The third kappa shape index (κ3) is 1.79. The summed E-state index contributed by atoms with van der Waals surface area (Å²) < 4.78 is 38.0. The summed E-state index contributed by atoms with van der Waals surface area (Å²) in [4.78, 5) is 11.5. The predicted octanol–water partition coefficient (Wildman–Crippen LogP) is 3.32. The number of benzene rings is 1. The highest BCUT2D eigenvalue weighted by Gasteiger charge is 2.80. The van der Waals surface area contributed by atoms with Crippen LogP contribution < -0.4 is 4.74 Å². The summed E-state index contributed by atoms with van der Waals surface area (Å²) in [6.07, 6.45) is 1.04. The fourth-order valence-corrected chi connectivity index (χ4v) is 3.81. The van der Waals surface area contributed by atoms with Crippen LogP contribution in [0.25, 0.3) is 0 Å². The maximum absolute atomic E-state index is 14.2. The van der Waals surface area contributed by atoms with Gasteiger partial charge < -0.3 is 9.47 Å². The Morgan fingerprint density at radius 1 is 1.24 bits per heavy atom. The van der Waals surface area contributed by atoms with E-state index in [9.17, 15) is 13.6 Å². The first-order chi connectivity index (χ1) is 9.89. The molecule has 0 atom stereocenters. The van der Waals surface area contributed by atoms with Crippen LogP contribution in [0.4, 0.5) is 8.78 Å². The van der Waals surface area contributed by atoms with Gasteiger partial charge in [-0.05, 0) is 49.3 Å². The monoisotopic (exact) mass is 296 g/mol. The van der Waals surface area contributed by atoms with Gasteiger partial charge in [0, 0.05) is 5.41 Å². The molecule has 0 amide bonds. The summed E-state index contributed by atoms with van der Waals surface area (Å²) in [6, 6.07) is 7.52. The molecular formula is C16H18F2O3. The first kappa shape index (κ1) is 14.3. The van der Waals surface area contributed by atoms with Crippen LogP contribution in [0, 0.1) is 5.41 Å². The smallest absolute Gasteiger partial charge is 0.377 e. The number of hydrogen-bond acceptors (Lipinski definition) is 3. The number of rotatable bonds is 5. The van der Waals surface area contributed by atoms with Crippen molar-refractivity contribution >= 4 is 5.97 Å². The molecule has 3 nitrogen and oxygen atoms in total. The minimum Gasteiger partial charge on any atom is -0.497 e. The quantitative estimate of drug-likeness (QED) is 0.782. The second kappa shape index (κ2) is 4.42. The second-order valence-corrected chi connectivity index (χ2v) is 6.11. The Morgan fingerprint density at radius 2 is 1.81 bits per heavy atom. The van der Waals surface area contributed by atoms with Crippen molar-refractivity contribution < 1.29 is 23.0 Å². The zero-order chi connectivity index (χ0) is 15.3. The highest BCUT2D eigenvalue weighted by molar-refractivity contribution is 5.80. The van der Waals surface area contributed by atoms with E-state index in [4.69, 9.17) is 4.74 Å². The predicted molar refractivity (Wildman–Crippen MR) is 72.5 cm³/mol. The molecule has 0 saturated heterocycles. The van der Waals surface area contributed by atoms with Crippen LogP contribution in [0.2, 0.25) is 0 Å². The molecule has 4 rings (SSSR count). The Labute approximate surface area is 122 Å². The molecule has 3 fully saturated rings. The molecule has 0 spiro atoms. The number of carbonyl (C=O) groups is 1. The van der Waals surface area contributed by atoms with Gasteiger partial charge in [-0.2, -0.15) is 8.78 Å². The van der Waals surface area contributed by atoms with Crippen LogP contribution in [-0.2, 0) is 14.9 Å². The summed E-state index contributed by atoms with van der Waals surface area (Å²) >= 11 is 0. The molecule has 3 saturated carbocycles. The topological polar surface area (TPSA) is 35.5 Å². The maximum atomic E-state index is 14.2. The van der Waals surface area contributed by atoms with Gasteiger partial charge in [-0.25, -0.2) is 4.79 Å². The van der Waals surface area contributed by atoms with Gasteiger partial charge in [0.1, 0.15) is 5.75 Å². The lowest BCUT2D eigenvalue weighted by Crippen LogP contribution is -2.73. The van der Waals surface area contributed by atoms with E-state index in [1.54, 1.807) is 7.11 Å². The van der Waals surface area contributed by atoms with E-state index in [-0.39, 0.29) is 12.0 Å². The van der Waals surface area contributed by atoms with Crippen molar-refractivity contribution in [1.82, 2.24) is 0 Å². The van der Waals surface area contributed by atoms with Gasteiger partial charge in [-0.3, -0.25) is 0 Å². The minimum absolute atomic E-state index is 0.0197. The van der Waals surface area contributed by atoms with Crippen LogP contribution in [0.3, 0.4) is 0 Å². The van der Waals surface area contributed by atoms with Crippen molar-refractivity contribution in [3.8, 4) is 5.75 Å². The molecule has 0 N–H and O–H groups in total. The first-order valence-corrected chi connectivity index (χ1v) is 7.09. The summed E-state index contributed by atoms with van der Waals surface area (Å²) in [6.45, 7) is 1.52. The molecule has 0 aliphatic heterocycles. The third-order valence-corrected chi connectivity index (χ3v) is 4.93. The van der Waals surface area contributed by atoms with E-state index in [0.29, 0.717) is 19.3 Å². The van der Waals surface area contributed by atoms with Gasteiger partial charge in [0.05, 0.1) is 13.7 Å². The molecule has 0 heterocycles. The van der Waals surface area contributed by atoms with E-state index >= 15 is 0 Å². The van der Waals surface area contributed by atoms with Crippen LogP contribution in [-0.4, -0.2) is 25.6 Å². The Balaban J connectivity index is 1.72. The Kier molecular flexibility index (Phi) is 3.01. The van der Waals surface area contributed by atoms with Crippen molar-refractivity contribution in [2.45, 2.75) is 37.5 Å². The Hall–Kier alpha value is -1.65. The number of esters is 1. The highest BCUT2D eigenvalue weighted by atomic mass is 19.3. The molecule has 5 heteroatoms. The maximum Gasteiger partial charge on any atom is 0.377 e. The van der Waals surface area contributed by atoms with Crippen molar-refractivity contribution in [2.75, 3.05) is 13.7 Å². The van der Waals surface area contributed by atoms with Crippen LogP contribution >= 0.6 is 0 Å². The van der Waals surface area contributed by atoms with Crippen molar-refractivity contribution in [2.24, 2.45) is 5.41 Å². The number of ether oxygens (including phenoxy) is 2. The van der Waals surface area contributed by atoms with Crippen molar-refractivity contribution in [1.29, 1.82) is 0 Å². The van der Waals surface area contributed by atoms with Crippen molar-refractivity contribution in [3.63, 3.8) is 0 Å². The lowest BCUT2D eigenvalue weighted by atomic mass is 9.32. The summed E-state index contributed by atoms with van der Waals surface area (Å²) in [7, 11) is 1.59. The van der Waals surface area contributed by atoms with E-state index in [1.165, 1.54) is 6.92 Å². The van der Waals surface area contributed by atoms with E-state index < -0.39 is 17.3 Å². The lowest BCUT2D eigenvalue weighted by Gasteiger charge is -2.72. The number of carbonyl (C=O) groups excluding carboxylic acids is 1. The molecule has 2 bridgehead atoms. The number of hydrogen-bond donors (Lipinski definition) is 0. The molecule has 0 aromatic heterocycles. The highest BCUT2D eigenvalue weighted by Crippen LogP contribution is 2.78. The largest absolute Gasteiger partial charge is 0.497 e. The summed E-state index contributed by atoms with van der Waals surface area (Å²) in [5.74, 6) is -4.01. The SMILES string of the molecule is CCOC(=O)C(F)(F)C12CC(c3ccc(OC)cc3)(C1)C2. The van der Waals surface area contributed by atoms with E-state index in [0.717, 1.165) is 11.3 Å². The zero-order valence-electron chi connectivity index (χ0n) is 12.1. The van der Waals surface area contributed by atoms with Gasteiger partial charge in [-0.15, -0.1) is 0 Å². The molecule has 3 aliphatic rings. The third-order valence-electron chi connectivity index (χ3n) is 4.93. The lowest BCUT2D eigenvalue weighted by molar-refractivity contribution is -0.279. The molecule has 3 aliphatic carbocycles. The zero-order valence-corrected chi connectivity index (χ0v) is 12.1. The van der Waals surface area contributed by atoms with Crippen LogP contribution in [0.5, 0.6) is 5.75 Å². The number of alkyl halides is 2. The fourth-order valence-electron chi connectivity index (χ4n) is 3.81. The molecule has 114 valence electrons. The average Bonchev–Trinajstić information content (AvgIpc) is 2.36. The Morgan fingerprint density at radius 3 is 2.29 bits per heavy atom. The number of methoxy groups -OCH3 is 1. The minimum atomic E-state index is -3.38. The van der Waals surface area contributed by atoms with E-state index in [1.807, 2.05) is 24.3 Å². The molecule has 1 aromatic rings. The normalized spacial score (nSPS) is 30.1. The van der Waals surface area contributed by atoms with Gasteiger partial charge in [-0.1, -0.05) is 12.1 Å². The number of halogens is 2. The van der Waals surface area contributed by atoms with Crippen molar-refractivity contribution in [3.05, 3.63) is 29.8 Å². The molecular weight excluding hydrogens is 278 g/mol. The first-order valence-electron chi connectivity index (χ1n) is 7.09. The Bertz CT molecular complexity index is 546.